The number of unbranched alkanes of at least 4 members (excludes halogenated alkanes) is 24. The number of ether oxygens (including phenoxy) is 4. The fraction of sp³-hybridized carbons (Fsp3) is 0.872. The van der Waals surface area contributed by atoms with E-state index in [1.54, 1.807) is 0 Å². The van der Waals surface area contributed by atoms with Crippen molar-refractivity contribution in [1.82, 2.24) is 0 Å². The molecule has 0 amide bonds. The number of hydrogen-bond acceptors (Lipinski definition) is 10. The lowest BCUT2D eigenvalue weighted by Gasteiger charge is -2.39. The van der Waals surface area contributed by atoms with Gasteiger partial charge in [0.25, 0.3) is 0 Å². The zero-order chi connectivity index (χ0) is 41.6. The van der Waals surface area contributed by atoms with Gasteiger partial charge in [-0.2, -0.15) is 0 Å². The molecule has 0 aromatic rings. The summed E-state index contributed by atoms with van der Waals surface area (Å²) in [6.45, 7) is 3.41. The Labute approximate surface area is 347 Å². The fourth-order valence-electron chi connectivity index (χ4n) is 7.10. The van der Waals surface area contributed by atoms with E-state index in [1.165, 1.54) is 122 Å². The molecule has 10 heteroatoms. The normalized spacial score (nSPS) is 20.4. The standard InChI is InChI=1S/C47H86O10/c1-3-5-7-9-11-13-15-17-18-19-20-21-22-24-26-28-30-32-34-36-43(50)56-40(39-55-47-46(53)45(52)44(51)41(37-48)57-47)38-54-42(49)35-33-31-29-27-25-23-16-14-12-10-8-6-4-2/h11,13,17-18,40-41,44-48,51-53H,3-10,12,14-16,19-39H2,1-2H3/b13-11+,18-17+/t40-,41-,44+,45?,46?,47-/m1/s1. The first-order valence-corrected chi connectivity index (χ1v) is 23.4. The minimum Gasteiger partial charge on any atom is -0.462 e. The minimum absolute atomic E-state index is 0.215. The van der Waals surface area contributed by atoms with E-state index >= 15 is 0 Å². The summed E-state index contributed by atoms with van der Waals surface area (Å²) in [6, 6.07) is 0. The van der Waals surface area contributed by atoms with E-state index in [-0.39, 0.29) is 32.0 Å². The molecule has 334 valence electrons. The average Bonchev–Trinajstić information content (AvgIpc) is 3.21. The van der Waals surface area contributed by atoms with Crippen LogP contribution in [0.5, 0.6) is 0 Å². The molecule has 0 aliphatic carbocycles. The smallest absolute Gasteiger partial charge is 0.306 e. The summed E-state index contributed by atoms with van der Waals surface area (Å²) in [5, 5.41) is 40.1. The van der Waals surface area contributed by atoms with Crippen molar-refractivity contribution in [2.75, 3.05) is 19.8 Å². The third-order valence-corrected chi connectivity index (χ3v) is 10.8. The second kappa shape index (κ2) is 38.4. The Balaban J connectivity index is 2.30. The maximum Gasteiger partial charge on any atom is 0.306 e. The number of hydrogen-bond donors (Lipinski definition) is 4. The van der Waals surface area contributed by atoms with Crippen molar-refractivity contribution in [3.63, 3.8) is 0 Å². The van der Waals surface area contributed by atoms with Gasteiger partial charge in [-0.05, 0) is 44.9 Å². The first kappa shape index (κ1) is 53.2. The zero-order valence-electron chi connectivity index (χ0n) is 36.3. The van der Waals surface area contributed by atoms with E-state index in [1.807, 2.05) is 0 Å². The van der Waals surface area contributed by atoms with Gasteiger partial charge in [0.05, 0.1) is 13.2 Å². The van der Waals surface area contributed by atoms with Crippen LogP contribution in [0.15, 0.2) is 24.3 Å². The summed E-state index contributed by atoms with van der Waals surface area (Å²) in [5.74, 6) is -0.803. The predicted molar refractivity (Wildman–Crippen MR) is 229 cm³/mol. The number of rotatable bonds is 39. The van der Waals surface area contributed by atoms with Crippen LogP contribution in [-0.2, 0) is 28.5 Å². The van der Waals surface area contributed by atoms with Crippen LogP contribution in [-0.4, -0.2) is 89.0 Å². The third kappa shape index (κ3) is 30.0. The number of aliphatic hydroxyl groups is 4. The summed E-state index contributed by atoms with van der Waals surface area (Å²) in [7, 11) is 0. The predicted octanol–water partition coefficient (Wildman–Crippen LogP) is 10.1. The highest BCUT2D eigenvalue weighted by atomic mass is 16.7. The van der Waals surface area contributed by atoms with Crippen LogP contribution < -0.4 is 0 Å². The molecular formula is C47H86O10. The van der Waals surface area contributed by atoms with Crippen molar-refractivity contribution in [2.24, 2.45) is 0 Å². The van der Waals surface area contributed by atoms with Crippen LogP contribution in [0.1, 0.15) is 206 Å². The molecule has 10 nitrogen and oxygen atoms in total. The Morgan fingerprint density at radius 1 is 0.544 bits per heavy atom. The van der Waals surface area contributed by atoms with Crippen LogP contribution >= 0.6 is 0 Å². The number of aliphatic hydroxyl groups excluding tert-OH is 4. The fourth-order valence-corrected chi connectivity index (χ4v) is 7.10. The molecule has 4 N–H and O–H groups in total. The summed E-state index contributed by atoms with van der Waals surface area (Å²) < 4.78 is 22.2. The topological polar surface area (TPSA) is 152 Å². The lowest BCUT2D eigenvalue weighted by Crippen LogP contribution is -2.59. The van der Waals surface area contributed by atoms with Gasteiger partial charge in [0.2, 0.25) is 0 Å². The van der Waals surface area contributed by atoms with Gasteiger partial charge in [-0.25, -0.2) is 0 Å². The lowest BCUT2D eigenvalue weighted by molar-refractivity contribution is -0.305. The molecule has 0 saturated carbocycles. The van der Waals surface area contributed by atoms with Gasteiger partial charge in [-0.3, -0.25) is 9.59 Å². The van der Waals surface area contributed by atoms with Crippen LogP contribution in [0.3, 0.4) is 0 Å². The quantitative estimate of drug-likeness (QED) is 0.0268. The third-order valence-electron chi connectivity index (χ3n) is 10.8. The maximum absolute atomic E-state index is 12.8. The molecule has 1 rings (SSSR count). The van der Waals surface area contributed by atoms with E-state index in [9.17, 15) is 30.0 Å². The summed E-state index contributed by atoms with van der Waals surface area (Å²) in [6.07, 6.45) is 34.6. The molecule has 0 spiro atoms. The van der Waals surface area contributed by atoms with Gasteiger partial charge < -0.3 is 39.4 Å². The highest BCUT2D eigenvalue weighted by Crippen LogP contribution is 2.23. The van der Waals surface area contributed by atoms with Gasteiger partial charge in [-0.15, -0.1) is 0 Å². The number of allylic oxidation sites excluding steroid dienone is 4. The number of carbonyl (C=O) groups is 2. The van der Waals surface area contributed by atoms with Gasteiger partial charge in [0, 0.05) is 12.8 Å². The van der Waals surface area contributed by atoms with Crippen molar-refractivity contribution < 1.29 is 49.0 Å². The van der Waals surface area contributed by atoms with Crippen LogP contribution in [0, 0.1) is 0 Å². The molecule has 57 heavy (non-hydrogen) atoms. The molecule has 1 heterocycles. The van der Waals surface area contributed by atoms with Crippen molar-refractivity contribution in [3.8, 4) is 0 Å². The Morgan fingerprint density at radius 2 is 0.982 bits per heavy atom. The van der Waals surface area contributed by atoms with E-state index in [0.29, 0.717) is 6.42 Å². The molecule has 2 unspecified atom stereocenters. The maximum atomic E-state index is 12.8. The molecule has 6 atom stereocenters. The Kier molecular flexibility index (Phi) is 35.8. The molecule has 1 aliphatic heterocycles. The van der Waals surface area contributed by atoms with Crippen molar-refractivity contribution in [3.05, 3.63) is 24.3 Å². The monoisotopic (exact) mass is 811 g/mol. The van der Waals surface area contributed by atoms with Gasteiger partial charge in [-0.1, -0.05) is 173 Å². The molecule has 1 fully saturated rings. The second-order valence-corrected chi connectivity index (χ2v) is 16.2. The van der Waals surface area contributed by atoms with E-state index in [2.05, 4.69) is 38.2 Å². The molecule has 0 aromatic carbocycles. The van der Waals surface area contributed by atoms with Gasteiger partial charge >= 0.3 is 11.9 Å². The van der Waals surface area contributed by atoms with Crippen molar-refractivity contribution in [2.45, 2.75) is 243 Å². The lowest BCUT2D eigenvalue weighted by atomic mass is 9.99. The summed E-state index contributed by atoms with van der Waals surface area (Å²) >= 11 is 0. The molecule has 1 saturated heterocycles. The van der Waals surface area contributed by atoms with Crippen LogP contribution in [0.25, 0.3) is 0 Å². The van der Waals surface area contributed by atoms with E-state index < -0.39 is 49.4 Å². The van der Waals surface area contributed by atoms with Crippen molar-refractivity contribution >= 4 is 11.9 Å². The Hall–Kier alpha value is -1.82. The highest BCUT2D eigenvalue weighted by molar-refractivity contribution is 5.70. The Morgan fingerprint density at radius 3 is 1.49 bits per heavy atom. The number of carbonyl (C=O) groups excluding carboxylic acids is 2. The molecule has 0 aromatic heterocycles. The average molecular weight is 811 g/mol. The zero-order valence-corrected chi connectivity index (χ0v) is 36.3. The first-order chi connectivity index (χ1) is 27.8. The van der Waals surface area contributed by atoms with Crippen LogP contribution in [0.2, 0.25) is 0 Å². The Bertz CT molecular complexity index is 985. The first-order valence-electron chi connectivity index (χ1n) is 23.4. The van der Waals surface area contributed by atoms with Gasteiger partial charge in [0.15, 0.2) is 12.4 Å². The summed E-state index contributed by atoms with van der Waals surface area (Å²) in [5.41, 5.74) is 0. The molecular weight excluding hydrogens is 725 g/mol. The largest absolute Gasteiger partial charge is 0.462 e. The highest BCUT2D eigenvalue weighted by Gasteiger charge is 2.44. The molecule has 0 radical (unpaired) electrons. The minimum atomic E-state index is -1.59. The van der Waals surface area contributed by atoms with Crippen LogP contribution in [0.4, 0.5) is 0 Å². The number of esters is 2. The van der Waals surface area contributed by atoms with Crippen molar-refractivity contribution in [1.29, 1.82) is 0 Å². The molecule has 1 aliphatic rings. The van der Waals surface area contributed by atoms with E-state index in [4.69, 9.17) is 18.9 Å². The summed E-state index contributed by atoms with van der Waals surface area (Å²) in [4.78, 5) is 25.3. The molecule has 0 bridgehead atoms. The van der Waals surface area contributed by atoms with E-state index in [0.717, 1.165) is 51.4 Å². The second-order valence-electron chi connectivity index (χ2n) is 16.2. The SMILES string of the molecule is CCCCC/C=C/C/C=C/CCCCCCCCCCCC(=O)O[C@H](COC(=O)CCCCCCCCCCCCCCC)CO[C@@H]1O[C@H](CO)[C@H](O)C(O)C1O. The van der Waals surface area contributed by atoms with Gasteiger partial charge in [0.1, 0.15) is 31.0 Å².